The van der Waals surface area contributed by atoms with Crippen LogP contribution in [0.1, 0.15) is 16.7 Å². The minimum absolute atomic E-state index is 0.162. The molecule has 0 saturated carbocycles. The molecule has 2 aromatic heterocycles. The van der Waals surface area contributed by atoms with Gasteiger partial charge in [0.2, 0.25) is 5.95 Å². The Kier molecular flexibility index (Phi) is 6.13. The van der Waals surface area contributed by atoms with E-state index in [-0.39, 0.29) is 22.8 Å². The lowest BCUT2D eigenvalue weighted by Crippen LogP contribution is -2.37. The number of carboxylic acid groups (broad SMARTS) is 1. The first kappa shape index (κ1) is 22.7. The molecule has 2 aromatic carbocycles. The number of hydrazone groups is 1. The Hall–Kier alpha value is -4.47. The quantitative estimate of drug-likeness (QED) is 0.321. The van der Waals surface area contributed by atoms with Gasteiger partial charge in [-0.15, -0.1) is 0 Å². The summed E-state index contributed by atoms with van der Waals surface area (Å²) in [5.74, 6) is -1.05. The van der Waals surface area contributed by atoms with Crippen LogP contribution in [-0.4, -0.2) is 35.5 Å². The molecule has 0 bridgehead atoms. The van der Waals surface area contributed by atoms with Crippen molar-refractivity contribution in [2.75, 3.05) is 5.43 Å². The summed E-state index contributed by atoms with van der Waals surface area (Å²) in [6.45, 7) is 2.26. The lowest BCUT2D eigenvalue weighted by molar-refractivity contribution is -0.129. The van der Waals surface area contributed by atoms with Crippen LogP contribution in [-0.2, 0) is 31.9 Å². The number of rotatable bonds is 7. The Bertz CT molecular complexity index is 1510. The van der Waals surface area contributed by atoms with Crippen LogP contribution in [0, 0.1) is 6.92 Å². The lowest BCUT2D eigenvalue weighted by Gasteiger charge is -2.10. The van der Waals surface area contributed by atoms with E-state index >= 15 is 0 Å². The van der Waals surface area contributed by atoms with Crippen LogP contribution < -0.4 is 16.7 Å². The number of benzene rings is 2. The Labute approximate surface area is 194 Å². The Balaban J connectivity index is 1.82. The zero-order valence-electron chi connectivity index (χ0n) is 19.0. The third-order valence-electron chi connectivity index (χ3n) is 5.61. The number of nitrogens with one attached hydrogen (secondary N) is 1. The first-order valence-corrected chi connectivity index (χ1v) is 10.6. The summed E-state index contributed by atoms with van der Waals surface area (Å²) in [5.41, 5.74) is 4.38. The molecule has 2 N–H and O–H groups in total. The maximum absolute atomic E-state index is 13.0. The second-order valence-corrected chi connectivity index (χ2v) is 7.94. The molecular formula is C24H24N6O4. The van der Waals surface area contributed by atoms with Gasteiger partial charge in [-0.1, -0.05) is 60.2 Å². The molecule has 34 heavy (non-hydrogen) atoms. The monoisotopic (exact) mass is 460 g/mol. The van der Waals surface area contributed by atoms with Gasteiger partial charge in [-0.3, -0.25) is 13.9 Å². The minimum Gasteiger partial charge on any atom is -0.476 e. The second-order valence-electron chi connectivity index (χ2n) is 7.94. The van der Waals surface area contributed by atoms with Crippen molar-refractivity contribution in [3.8, 4) is 0 Å². The number of imidazole rings is 1. The van der Waals surface area contributed by atoms with E-state index in [9.17, 15) is 19.5 Å². The van der Waals surface area contributed by atoms with Gasteiger partial charge in [0.25, 0.3) is 5.56 Å². The van der Waals surface area contributed by atoms with Crippen molar-refractivity contribution >= 4 is 28.8 Å². The van der Waals surface area contributed by atoms with Crippen molar-refractivity contribution in [3.63, 3.8) is 0 Å². The molecule has 0 unspecified atom stereocenters. The summed E-state index contributed by atoms with van der Waals surface area (Å²) < 4.78 is 3.93. The highest BCUT2D eigenvalue weighted by molar-refractivity contribution is 6.42. The average Bonchev–Trinajstić information content (AvgIpc) is 3.20. The Morgan fingerprint density at radius 2 is 1.71 bits per heavy atom. The second kappa shape index (κ2) is 9.18. The molecule has 0 aliphatic rings. The first-order valence-electron chi connectivity index (χ1n) is 10.6. The average molecular weight is 460 g/mol. The molecule has 0 aliphatic heterocycles. The molecule has 0 aliphatic carbocycles. The van der Waals surface area contributed by atoms with Gasteiger partial charge >= 0.3 is 11.7 Å². The molecule has 0 fully saturated rings. The van der Waals surface area contributed by atoms with Crippen molar-refractivity contribution in [3.05, 3.63) is 92.1 Å². The van der Waals surface area contributed by atoms with E-state index in [0.29, 0.717) is 18.5 Å². The van der Waals surface area contributed by atoms with Crippen molar-refractivity contribution in [2.24, 2.45) is 19.2 Å². The van der Waals surface area contributed by atoms with Gasteiger partial charge in [-0.2, -0.15) is 10.1 Å². The van der Waals surface area contributed by atoms with Gasteiger partial charge in [-0.25, -0.2) is 15.0 Å². The van der Waals surface area contributed by atoms with E-state index in [0.717, 1.165) is 15.7 Å². The molecule has 4 aromatic rings. The van der Waals surface area contributed by atoms with Crippen molar-refractivity contribution in [1.29, 1.82) is 0 Å². The third kappa shape index (κ3) is 4.25. The number of aromatic nitrogens is 4. The summed E-state index contributed by atoms with van der Waals surface area (Å²) in [7, 11) is 2.94. The highest BCUT2D eigenvalue weighted by Gasteiger charge is 2.20. The summed E-state index contributed by atoms with van der Waals surface area (Å²) >= 11 is 0. The van der Waals surface area contributed by atoms with Crippen LogP contribution in [0.15, 0.2) is 69.3 Å². The van der Waals surface area contributed by atoms with Crippen LogP contribution in [0.5, 0.6) is 0 Å². The third-order valence-corrected chi connectivity index (χ3v) is 5.61. The zero-order valence-corrected chi connectivity index (χ0v) is 19.0. The molecule has 2 heterocycles. The fourth-order valence-corrected chi connectivity index (χ4v) is 3.69. The normalized spacial score (nSPS) is 11.7. The van der Waals surface area contributed by atoms with Gasteiger partial charge in [0.1, 0.15) is 0 Å². The van der Waals surface area contributed by atoms with E-state index < -0.39 is 17.2 Å². The molecule has 0 spiro atoms. The molecule has 0 saturated heterocycles. The van der Waals surface area contributed by atoms with Crippen LogP contribution in [0.25, 0.3) is 11.2 Å². The number of hydrogen-bond acceptors (Lipinski definition) is 6. The maximum atomic E-state index is 13.0. The number of carboxylic acids is 1. The lowest BCUT2D eigenvalue weighted by atomic mass is 10.1. The van der Waals surface area contributed by atoms with Crippen LogP contribution >= 0.6 is 0 Å². The van der Waals surface area contributed by atoms with Crippen LogP contribution in [0.3, 0.4) is 0 Å². The number of aryl methyl sites for hydroxylation is 4. The topological polar surface area (TPSA) is 124 Å². The molecule has 4 rings (SSSR count). The molecule has 0 atom stereocenters. The number of aliphatic carboxylic acids is 1. The molecule has 10 heteroatoms. The SMILES string of the molecule is Cc1ccc(C(=NNc2nc3c(c(=O)n(C)c(=O)n3C)n2CCc2ccccc2)C(=O)O)cc1. The zero-order chi connectivity index (χ0) is 24.4. The summed E-state index contributed by atoms with van der Waals surface area (Å²) in [6, 6.07) is 16.6. The summed E-state index contributed by atoms with van der Waals surface area (Å²) in [4.78, 5) is 41.7. The van der Waals surface area contributed by atoms with Crippen molar-refractivity contribution < 1.29 is 9.90 Å². The van der Waals surface area contributed by atoms with E-state index in [1.165, 1.54) is 18.7 Å². The van der Waals surface area contributed by atoms with Crippen molar-refractivity contribution in [1.82, 2.24) is 18.7 Å². The van der Waals surface area contributed by atoms with E-state index in [2.05, 4.69) is 15.5 Å². The van der Waals surface area contributed by atoms with Gasteiger partial charge in [0.05, 0.1) is 0 Å². The highest BCUT2D eigenvalue weighted by Crippen LogP contribution is 2.17. The molecular weight excluding hydrogens is 436 g/mol. The predicted octanol–water partition coefficient (Wildman–Crippen LogP) is 1.89. The molecule has 0 radical (unpaired) electrons. The Morgan fingerprint density at radius 3 is 2.35 bits per heavy atom. The van der Waals surface area contributed by atoms with Gasteiger partial charge in [0, 0.05) is 26.2 Å². The van der Waals surface area contributed by atoms with Gasteiger partial charge in [-0.05, 0) is 18.9 Å². The largest absolute Gasteiger partial charge is 0.476 e. The molecule has 0 amide bonds. The number of hydrogen-bond donors (Lipinski definition) is 2. The minimum atomic E-state index is -1.22. The van der Waals surface area contributed by atoms with Crippen LogP contribution in [0.4, 0.5) is 5.95 Å². The smallest absolute Gasteiger partial charge is 0.356 e. The number of carbonyl (C=O) groups is 1. The number of fused-ring (bicyclic) bond motifs is 1. The molecule has 174 valence electrons. The highest BCUT2D eigenvalue weighted by atomic mass is 16.4. The number of anilines is 1. The standard InChI is InChI=1S/C24H24N6O4/c1-15-9-11-17(12-10-15)18(22(32)33)26-27-23-25-20-19(21(31)29(3)24(34)28(20)2)30(23)14-13-16-7-5-4-6-8-16/h4-12H,13-14H2,1-3H3,(H,25,27)(H,32,33). The van der Waals surface area contributed by atoms with E-state index in [1.807, 2.05) is 37.3 Å². The maximum Gasteiger partial charge on any atom is 0.356 e. The summed E-state index contributed by atoms with van der Waals surface area (Å²) in [5, 5.41) is 13.8. The van der Waals surface area contributed by atoms with Gasteiger partial charge in [0.15, 0.2) is 16.9 Å². The van der Waals surface area contributed by atoms with Gasteiger partial charge < -0.3 is 9.67 Å². The van der Waals surface area contributed by atoms with E-state index in [1.54, 1.807) is 28.8 Å². The van der Waals surface area contributed by atoms with E-state index in [4.69, 9.17) is 0 Å². The van der Waals surface area contributed by atoms with Crippen molar-refractivity contribution in [2.45, 2.75) is 19.9 Å². The summed E-state index contributed by atoms with van der Waals surface area (Å²) in [6.07, 6.45) is 0.584. The Morgan fingerprint density at radius 1 is 1.03 bits per heavy atom. The first-order chi connectivity index (χ1) is 16.3. The number of nitrogens with zero attached hydrogens (tertiary/aromatic N) is 5. The fraction of sp³-hybridized carbons (Fsp3) is 0.208. The fourth-order valence-electron chi connectivity index (χ4n) is 3.69. The molecule has 10 nitrogen and oxygen atoms in total. The predicted molar refractivity (Wildman–Crippen MR) is 129 cm³/mol. The van der Waals surface area contributed by atoms with Crippen LogP contribution in [0.2, 0.25) is 0 Å².